The zero-order valence-corrected chi connectivity index (χ0v) is 11.8. The molecule has 0 amide bonds. The highest BCUT2D eigenvalue weighted by molar-refractivity contribution is 7.89. The molecule has 7 nitrogen and oxygen atoms in total. The third kappa shape index (κ3) is 4.18. The Morgan fingerprint density at radius 2 is 2.16 bits per heavy atom. The predicted molar refractivity (Wildman–Crippen MR) is 70.6 cm³/mol. The third-order valence-corrected chi connectivity index (χ3v) is 3.84. The lowest BCUT2D eigenvalue weighted by Crippen LogP contribution is -2.33. The summed E-state index contributed by atoms with van der Waals surface area (Å²) in [5.41, 5.74) is 0. The van der Waals surface area contributed by atoms with E-state index in [-0.39, 0.29) is 23.3 Å². The number of carboxylic acids is 1. The Labute approximate surface area is 112 Å². The molecule has 0 bridgehead atoms. The molecular weight excluding hydrogens is 270 g/mol. The maximum absolute atomic E-state index is 12.1. The summed E-state index contributed by atoms with van der Waals surface area (Å²) in [6.45, 7) is 3.07. The van der Waals surface area contributed by atoms with Crippen LogP contribution in [0.15, 0.2) is 23.2 Å². The minimum absolute atomic E-state index is 0.0348. The number of pyridine rings is 1. The van der Waals surface area contributed by atoms with E-state index in [1.165, 1.54) is 30.3 Å². The van der Waals surface area contributed by atoms with Gasteiger partial charge in [-0.2, -0.15) is 0 Å². The Balaban J connectivity index is 3.19. The van der Waals surface area contributed by atoms with Crippen LogP contribution in [0.2, 0.25) is 0 Å². The van der Waals surface area contributed by atoms with Crippen LogP contribution in [-0.2, 0) is 14.8 Å². The van der Waals surface area contributed by atoms with Crippen LogP contribution >= 0.6 is 0 Å². The van der Waals surface area contributed by atoms with Gasteiger partial charge in [-0.05, 0) is 26.0 Å². The number of sulfonamides is 1. The van der Waals surface area contributed by atoms with E-state index < -0.39 is 16.0 Å². The first-order valence-electron chi connectivity index (χ1n) is 5.64. The van der Waals surface area contributed by atoms with Crippen molar-refractivity contribution in [2.45, 2.75) is 24.8 Å². The Bertz CT molecular complexity index is 557. The lowest BCUT2D eigenvalue weighted by Gasteiger charge is -2.19. The minimum atomic E-state index is -3.72. The first-order valence-corrected chi connectivity index (χ1v) is 7.12. The van der Waals surface area contributed by atoms with Gasteiger partial charge >= 0.3 is 5.97 Å². The van der Waals surface area contributed by atoms with Crippen LogP contribution in [0.25, 0.3) is 0 Å². The summed E-state index contributed by atoms with van der Waals surface area (Å²) in [6, 6.07) is 2.63. The average molecular weight is 287 g/mol. The fourth-order valence-corrected chi connectivity index (χ4v) is 2.98. The van der Waals surface area contributed by atoms with Gasteiger partial charge < -0.3 is 10.0 Å². The van der Waals surface area contributed by atoms with Crippen LogP contribution in [0, 0.1) is 0 Å². The fourth-order valence-electron chi connectivity index (χ4n) is 1.53. The van der Waals surface area contributed by atoms with Crippen molar-refractivity contribution in [1.29, 1.82) is 0 Å². The molecule has 0 saturated carbocycles. The molecule has 0 atom stereocenters. The highest BCUT2D eigenvalue weighted by Gasteiger charge is 2.22. The number of aromatic nitrogens is 1. The van der Waals surface area contributed by atoms with Gasteiger partial charge in [0.05, 0.1) is 0 Å². The molecule has 2 N–H and O–H groups in total. The van der Waals surface area contributed by atoms with Gasteiger partial charge in [0.1, 0.15) is 17.3 Å². The van der Waals surface area contributed by atoms with Crippen LogP contribution in [0.1, 0.15) is 13.8 Å². The lowest BCUT2D eigenvalue weighted by atomic mass is 10.4. The first-order chi connectivity index (χ1) is 8.74. The molecule has 0 aliphatic rings. The normalized spacial score (nSPS) is 11.6. The molecule has 1 rings (SSSR count). The van der Waals surface area contributed by atoms with Crippen LogP contribution in [-0.4, -0.2) is 44.1 Å². The van der Waals surface area contributed by atoms with Crippen molar-refractivity contribution in [2.75, 3.05) is 18.5 Å². The van der Waals surface area contributed by atoms with Gasteiger partial charge in [-0.1, -0.05) is 0 Å². The topological polar surface area (TPSA) is 99.6 Å². The number of hydrogen-bond donors (Lipinski definition) is 2. The zero-order chi connectivity index (χ0) is 14.6. The van der Waals surface area contributed by atoms with E-state index in [0.717, 1.165) is 0 Å². The molecule has 1 heterocycles. The molecule has 0 aromatic carbocycles. The maximum Gasteiger partial charge on any atom is 0.323 e. The quantitative estimate of drug-likeness (QED) is 0.780. The summed E-state index contributed by atoms with van der Waals surface area (Å²) < 4.78 is 26.7. The lowest BCUT2D eigenvalue weighted by molar-refractivity contribution is -0.135. The Kier molecular flexibility index (Phi) is 4.84. The molecule has 19 heavy (non-hydrogen) atoms. The van der Waals surface area contributed by atoms with E-state index in [2.05, 4.69) is 9.71 Å². The second-order valence-electron chi connectivity index (χ2n) is 4.35. The SMILES string of the molecule is CC(C)NS(=O)(=O)c1cccnc1N(C)CC(=O)O. The van der Waals surface area contributed by atoms with Gasteiger partial charge in [-0.3, -0.25) is 4.79 Å². The summed E-state index contributed by atoms with van der Waals surface area (Å²) >= 11 is 0. The second kappa shape index (κ2) is 5.98. The van der Waals surface area contributed by atoms with Crippen LogP contribution in [0.5, 0.6) is 0 Å². The molecule has 106 valence electrons. The summed E-state index contributed by atoms with van der Waals surface area (Å²) in [6.07, 6.45) is 1.42. The number of nitrogens with one attached hydrogen (secondary N) is 1. The molecule has 0 aliphatic carbocycles. The third-order valence-electron chi connectivity index (χ3n) is 2.17. The molecule has 8 heteroatoms. The van der Waals surface area contributed by atoms with Crippen LogP contribution in [0.3, 0.4) is 0 Å². The monoisotopic (exact) mass is 287 g/mol. The maximum atomic E-state index is 12.1. The highest BCUT2D eigenvalue weighted by Crippen LogP contribution is 2.21. The molecule has 0 radical (unpaired) electrons. The standard InChI is InChI=1S/C11H17N3O4S/c1-8(2)13-19(17,18)9-5-4-6-12-11(9)14(3)7-10(15)16/h4-6,8,13H,7H2,1-3H3,(H,15,16). The molecule has 1 aromatic heterocycles. The highest BCUT2D eigenvalue weighted by atomic mass is 32.2. The molecule has 0 saturated heterocycles. The molecular formula is C11H17N3O4S. The van der Waals surface area contributed by atoms with Crippen LogP contribution in [0.4, 0.5) is 5.82 Å². The molecule has 0 unspecified atom stereocenters. The van der Waals surface area contributed by atoms with Crippen molar-refractivity contribution in [3.63, 3.8) is 0 Å². The van der Waals surface area contributed by atoms with E-state index in [1.807, 2.05) is 0 Å². The molecule has 0 aliphatic heterocycles. The van der Waals surface area contributed by atoms with E-state index in [9.17, 15) is 13.2 Å². The number of likely N-dealkylation sites (N-methyl/N-ethyl adjacent to an activating group) is 1. The Hall–Kier alpha value is -1.67. The van der Waals surface area contributed by atoms with Crippen molar-refractivity contribution < 1.29 is 18.3 Å². The molecule has 0 fully saturated rings. The Morgan fingerprint density at radius 1 is 1.53 bits per heavy atom. The first kappa shape index (κ1) is 15.4. The predicted octanol–water partition coefficient (Wildman–Crippen LogP) is 0.289. The van der Waals surface area contributed by atoms with E-state index in [4.69, 9.17) is 5.11 Å². The van der Waals surface area contributed by atoms with E-state index in [0.29, 0.717) is 0 Å². The average Bonchev–Trinajstić information content (AvgIpc) is 2.26. The smallest absolute Gasteiger partial charge is 0.323 e. The van der Waals surface area contributed by atoms with Crippen molar-refractivity contribution in [3.05, 3.63) is 18.3 Å². The largest absolute Gasteiger partial charge is 0.480 e. The van der Waals surface area contributed by atoms with E-state index >= 15 is 0 Å². The molecule has 1 aromatic rings. The van der Waals surface area contributed by atoms with Crippen LogP contribution < -0.4 is 9.62 Å². The number of carboxylic acid groups (broad SMARTS) is 1. The number of rotatable bonds is 6. The minimum Gasteiger partial charge on any atom is -0.480 e. The van der Waals surface area contributed by atoms with Gasteiger partial charge in [0, 0.05) is 19.3 Å². The van der Waals surface area contributed by atoms with Gasteiger partial charge in [0.25, 0.3) is 0 Å². The van der Waals surface area contributed by atoms with Gasteiger partial charge in [-0.25, -0.2) is 18.1 Å². The number of carbonyl (C=O) groups is 1. The van der Waals surface area contributed by atoms with Gasteiger partial charge in [0.2, 0.25) is 10.0 Å². The van der Waals surface area contributed by atoms with E-state index in [1.54, 1.807) is 13.8 Å². The van der Waals surface area contributed by atoms with Gasteiger partial charge in [-0.15, -0.1) is 0 Å². The van der Waals surface area contributed by atoms with Crippen molar-refractivity contribution >= 4 is 21.8 Å². The number of hydrogen-bond acceptors (Lipinski definition) is 5. The zero-order valence-electron chi connectivity index (χ0n) is 11.0. The summed E-state index contributed by atoms with van der Waals surface area (Å²) in [7, 11) is -2.24. The van der Waals surface area contributed by atoms with Crippen molar-refractivity contribution in [3.8, 4) is 0 Å². The number of aliphatic carboxylic acids is 1. The number of anilines is 1. The molecule has 0 spiro atoms. The summed E-state index contributed by atoms with van der Waals surface area (Å²) in [5.74, 6) is -0.952. The van der Waals surface area contributed by atoms with Crippen molar-refractivity contribution in [2.24, 2.45) is 0 Å². The fraction of sp³-hybridized carbons (Fsp3) is 0.455. The summed E-state index contributed by atoms with van der Waals surface area (Å²) in [4.78, 5) is 15.9. The Morgan fingerprint density at radius 3 is 2.68 bits per heavy atom. The van der Waals surface area contributed by atoms with Gasteiger partial charge in [0.15, 0.2) is 0 Å². The number of nitrogens with zero attached hydrogens (tertiary/aromatic N) is 2. The summed E-state index contributed by atoms with van der Waals surface area (Å²) in [5, 5.41) is 8.75. The van der Waals surface area contributed by atoms with Crippen molar-refractivity contribution in [1.82, 2.24) is 9.71 Å². The second-order valence-corrected chi connectivity index (χ2v) is 6.03.